The van der Waals surface area contributed by atoms with Crippen LogP contribution in [-0.2, 0) is 6.42 Å². The van der Waals surface area contributed by atoms with Crippen LogP contribution in [0.5, 0.6) is 0 Å². The maximum Gasteiger partial charge on any atom is 0.337 e. The highest BCUT2D eigenvalue weighted by molar-refractivity contribution is 6.33. The fourth-order valence-corrected chi connectivity index (χ4v) is 2.72. The summed E-state index contributed by atoms with van der Waals surface area (Å²) in [5.41, 5.74) is 2.72. The number of carboxylic acid groups (broad SMARTS) is 1. The van der Waals surface area contributed by atoms with Crippen molar-refractivity contribution in [3.8, 4) is 0 Å². The monoisotopic (exact) mass is 291 g/mol. The number of fused-ring (bicyclic) bond motifs is 1. The molecule has 1 aliphatic rings. The van der Waals surface area contributed by atoms with Crippen molar-refractivity contribution in [2.45, 2.75) is 6.42 Å². The minimum absolute atomic E-state index is 0.0640. The summed E-state index contributed by atoms with van der Waals surface area (Å²) < 4.78 is 13.4. The predicted molar refractivity (Wildman–Crippen MR) is 75.5 cm³/mol. The minimum atomic E-state index is -1.06. The molecular formula is C15H11ClFNO2. The van der Waals surface area contributed by atoms with Crippen molar-refractivity contribution in [1.82, 2.24) is 0 Å². The van der Waals surface area contributed by atoms with Crippen LogP contribution in [0.25, 0.3) is 0 Å². The average Bonchev–Trinajstić information content (AvgIpc) is 2.81. The van der Waals surface area contributed by atoms with E-state index in [1.54, 1.807) is 18.2 Å². The Morgan fingerprint density at radius 2 is 2.05 bits per heavy atom. The third-order valence-corrected chi connectivity index (χ3v) is 3.75. The van der Waals surface area contributed by atoms with E-state index in [2.05, 4.69) is 0 Å². The van der Waals surface area contributed by atoms with Crippen molar-refractivity contribution in [2.24, 2.45) is 0 Å². The van der Waals surface area contributed by atoms with E-state index in [0.29, 0.717) is 0 Å². The third kappa shape index (κ3) is 2.12. The standard InChI is InChI=1S/C15H11ClFNO2/c16-13-8-11(3-4-12(13)15(19)20)18-6-5-9-1-2-10(17)7-14(9)18/h1-4,7-8H,5-6H2,(H,19,20). The highest BCUT2D eigenvalue weighted by atomic mass is 35.5. The zero-order valence-electron chi connectivity index (χ0n) is 10.4. The summed E-state index contributed by atoms with van der Waals surface area (Å²) in [7, 11) is 0. The van der Waals surface area contributed by atoms with Crippen molar-refractivity contribution in [3.05, 3.63) is 58.4 Å². The first kappa shape index (κ1) is 12.9. The summed E-state index contributed by atoms with van der Waals surface area (Å²) >= 11 is 5.98. The van der Waals surface area contributed by atoms with Crippen LogP contribution in [0, 0.1) is 5.82 Å². The number of rotatable bonds is 2. The molecule has 0 unspecified atom stereocenters. The molecule has 0 radical (unpaired) electrons. The second kappa shape index (κ2) is 4.80. The summed E-state index contributed by atoms with van der Waals surface area (Å²) in [6.45, 7) is 0.724. The number of nitrogens with zero attached hydrogens (tertiary/aromatic N) is 1. The molecular weight excluding hydrogens is 281 g/mol. The summed E-state index contributed by atoms with van der Waals surface area (Å²) in [6.07, 6.45) is 0.827. The Kier molecular flexibility index (Phi) is 3.10. The van der Waals surface area contributed by atoms with E-state index in [1.165, 1.54) is 18.2 Å². The summed E-state index contributed by atoms with van der Waals surface area (Å²) in [5, 5.41) is 9.15. The maximum absolute atomic E-state index is 13.4. The lowest BCUT2D eigenvalue weighted by Crippen LogP contribution is -2.13. The lowest BCUT2D eigenvalue weighted by molar-refractivity contribution is 0.0697. The van der Waals surface area contributed by atoms with Gasteiger partial charge < -0.3 is 10.0 Å². The molecule has 2 aromatic carbocycles. The highest BCUT2D eigenvalue weighted by Crippen LogP contribution is 2.36. The molecule has 0 bridgehead atoms. The van der Waals surface area contributed by atoms with Crippen molar-refractivity contribution >= 4 is 28.9 Å². The van der Waals surface area contributed by atoms with Crippen LogP contribution in [0.2, 0.25) is 5.02 Å². The fourth-order valence-electron chi connectivity index (χ4n) is 2.47. The minimum Gasteiger partial charge on any atom is -0.478 e. The van der Waals surface area contributed by atoms with Crippen LogP contribution in [0.3, 0.4) is 0 Å². The summed E-state index contributed by atoms with van der Waals surface area (Å²) in [6, 6.07) is 9.47. The molecule has 0 fully saturated rings. The number of carboxylic acids is 1. The van der Waals surface area contributed by atoms with Crippen LogP contribution in [0.1, 0.15) is 15.9 Å². The molecule has 1 N–H and O–H groups in total. The van der Waals surface area contributed by atoms with Crippen LogP contribution in [0.15, 0.2) is 36.4 Å². The van der Waals surface area contributed by atoms with E-state index in [1.807, 2.05) is 4.90 Å². The molecule has 0 aliphatic carbocycles. The van der Waals surface area contributed by atoms with Gasteiger partial charge in [0.05, 0.1) is 10.6 Å². The Labute approximate surface area is 120 Å². The number of aromatic carboxylic acids is 1. The van der Waals surface area contributed by atoms with E-state index in [9.17, 15) is 9.18 Å². The molecule has 0 amide bonds. The van der Waals surface area contributed by atoms with Gasteiger partial charge in [-0.15, -0.1) is 0 Å². The van der Waals surface area contributed by atoms with Gasteiger partial charge in [-0.05, 0) is 42.3 Å². The van der Waals surface area contributed by atoms with Crippen LogP contribution in [-0.4, -0.2) is 17.6 Å². The second-order valence-electron chi connectivity index (χ2n) is 4.64. The van der Waals surface area contributed by atoms with Crippen molar-refractivity contribution < 1.29 is 14.3 Å². The van der Waals surface area contributed by atoms with Gasteiger partial charge in [-0.2, -0.15) is 0 Å². The van der Waals surface area contributed by atoms with Crippen molar-refractivity contribution in [2.75, 3.05) is 11.4 Å². The molecule has 0 aromatic heterocycles. The summed E-state index contributed by atoms with van der Waals surface area (Å²) in [5.74, 6) is -1.35. The number of hydrogen-bond donors (Lipinski definition) is 1. The zero-order chi connectivity index (χ0) is 14.3. The number of anilines is 2. The summed E-state index contributed by atoms with van der Waals surface area (Å²) in [4.78, 5) is 12.9. The molecule has 3 nitrogen and oxygen atoms in total. The Hall–Kier alpha value is -2.07. The molecule has 2 aromatic rings. The highest BCUT2D eigenvalue weighted by Gasteiger charge is 2.22. The van der Waals surface area contributed by atoms with Crippen LogP contribution in [0.4, 0.5) is 15.8 Å². The largest absolute Gasteiger partial charge is 0.478 e. The first-order valence-corrected chi connectivity index (χ1v) is 6.53. The molecule has 0 spiro atoms. The molecule has 102 valence electrons. The number of halogens is 2. The van der Waals surface area contributed by atoms with E-state index < -0.39 is 5.97 Å². The van der Waals surface area contributed by atoms with E-state index in [-0.39, 0.29) is 16.4 Å². The Bertz CT molecular complexity index is 702. The Balaban J connectivity index is 2.02. The second-order valence-corrected chi connectivity index (χ2v) is 5.05. The Morgan fingerprint density at radius 1 is 1.25 bits per heavy atom. The van der Waals surface area contributed by atoms with Gasteiger partial charge in [0, 0.05) is 17.9 Å². The first-order valence-electron chi connectivity index (χ1n) is 6.15. The Morgan fingerprint density at radius 3 is 2.75 bits per heavy atom. The molecule has 5 heteroatoms. The molecule has 3 rings (SSSR count). The predicted octanol–water partition coefficient (Wildman–Crippen LogP) is 3.87. The van der Waals surface area contributed by atoms with Gasteiger partial charge in [-0.1, -0.05) is 17.7 Å². The van der Waals surface area contributed by atoms with Gasteiger partial charge in [-0.3, -0.25) is 0 Å². The number of carbonyl (C=O) groups is 1. The molecule has 1 heterocycles. The van der Waals surface area contributed by atoms with E-state index in [0.717, 1.165) is 29.9 Å². The number of benzene rings is 2. The SMILES string of the molecule is O=C(O)c1ccc(N2CCc3ccc(F)cc32)cc1Cl. The van der Waals surface area contributed by atoms with Crippen molar-refractivity contribution in [1.29, 1.82) is 0 Å². The van der Waals surface area contributed by atoms with Gasteiger partial charge in [0.15, 0.2) is 0 Å². The quantitative estimate of drug-likeness (QED) is 0.913. The van der Waals surface area contributed by atoms with Gasteiger partial charge in [-0.25, -0.2) is 9.18 Å². The van der Waals surface area contributed by atoms with E-state index >= 15 is 0 Å². The first-order chi connectivity index (χ1) is 9.56. The zero-order valence-corrected chi connectivity index (χ0v) is 11.2. The topological polar surface area (TPSA) is 40.5 Å². The third-order valence-electron chi connectivity index (χ3n) is 3.44. The molecule has 0 saturated carbocycles. The van der Waals surface area contributed by atoms with Crippen LogP contribution >= 0.6 is 11.6 Å². The number of hydrogen-bond acceptors (Lipinski definition) is 2. The molecule has 0 atom stereocenters. The lowest BCUT2D eigenvalue weighted by Gasteiger charge is -2.20. The van der Waals surface area contributed by atoms with Crippen LogP contribution < -0.4 is 4.90 Å². The lowest BCUT2D eigenvalue weighted by atomic mass is 10.1. The maximum atomic E-state index is 13.4. The molecule has 0 saturated heterocycles. The molecule has 20 heavy (non-hydrogen) atoms. The average molecular weight is 292 g/mol. The van der Waals surface area contributed by atoms with E-state index in [4.69, 9.17) is 16.7 Å². The van der Waals surface area contributed by atoms with Gasteiger partial charge >= 0.3 is 5.97 Å². The van der Waals surface area contributed by atoms with Gasteiger partial charge in [0.1, 0.15) is 5.82 Å². The van der Waals surface area contributed by atoms with Gasteiger partial charge in [0.25, 0.3) is 0 Å². The molecule has 1 aliphatic heterocycles. The van der Waals surface area contributed by atoms with Crippen molar-refractivity contribution in [3.63, 3.8) is 0 Å². The fraction of sp³-hybridized carbons (Fsp3) is 0.133. The normalized spacial score (nSPS) is 13.4. The van der Waals surface area contributed by atoms with Gasteiger partial charge in [0.2, 0.25) is 0 Å². The smallest absolute Gasteiger partial charge is 0.337 e.